The number of thiophene rings is 1. The number of hydrogen-bond donors (Lipinski definition) is 2. The van der Waals surface area contributed by atoms with Crippen LogP contribution in [0.1, 0.15) is 52.9 Å². The molecular weight excluding hydrogens is 288 g/mol. The first kappa shape index (κ1) is 15.8. The first-order chi connectivity index (χ1) is 10.0. The van der Waals surface area contributed by atoms with Gasteiger partial charge in [-0.25, -0.2) is 9.59 Å². The molecule has 0 spiro atoms. The van der Waals surface area contributed by atoms with Crippen molar-refractivity contribution in [1.82, 2.24) is 5.32 Å². The van der Waals surface area contributed by atoms with Gasteiger partial charge in [0, 0.05) is 10.9 Å². The summed E-state index contributed by atoms with van der Waals surface area (Å²) < 4.78 is 4.80. The molecule has 1 aliphatic carbocycles. The Morgan fingerprint density at radius 3 is 2.48 bits per heavy atom. The lowest BCUT2D eigenvalue weighted by molar-refractivity contribution is 0.0601. The summed E-state index contributed by atoms with van der Waals surface area (Å²) in [6.07, 6.45) is 5.63. The van der Waals surface area contributed by atoms with Crippen LogP contribution in [0, 0.1) is 13.8 Å². The summed E-state index contributed by atoms with van der Waals surface area (Å²) in [6.45, 7) is 3.79. The zero-order valence-electron chi connectivity index (χ0n) is 12.7. The molecule has 2 rings (SSSR count). The van der Waals surface area contributed by atoms with Crippen LogP contribution >= 0.6 is 11.3 Å². The fourth-order valence-corrected chi connectivity index (χ4v) is 3.68. The van der Waals surface area contributed by atoms with E-state index in [9.17, 15) is 9.59 Å². The first-order valence-corrected chi connectivity index (χ1v) is 8.10. The van der Waals surface area contributed by atoms with Gasteiger partial charge in [-0.1, -0.05) is 19.3 Å². The Kier molecular flexibility index (Phi) is 5.22. The third kappa shape index (κ3) is 3.75. The Balaban J connectivity index is 2.06. The highest BCUT2D eigenvalue weighted by Gasteiger charge is 2.22. The molecule has 0 aliphatic heterocycles. The zero-order valence-corrected chi connectivity index (χ0v) is 13.6. The number of carbonyl (C=O) groups excluding carboxylic acids is 2. The molecule has 0 bridgehead atoms. The van der Waals surface area contributed by atoms with Crippen LogP contribution < -0.4 is 10.6 Å². The number of esters is 1. The predicted molar refractivity (Wildman–Crippen MR) is 84.2 cm³/mol. The number of aryl methyl sites for hydroxylation is 1. The van der Waals surface area contributed by atoms with E-state index in [0.29, 0.717) is 10.6 Å². The standard InChI is InChI=1S/C15H22N2O3S/c1-9-10(2)21-13(12(9)14(18)20-3)17-15(19)16-11-7-5-4-6-8-11/h11H,4-8H2,1-3H3,(H2,16,17,19). The third-order valence-electron chi connectivity index (χ3n) is 3.94. The van der Waals surface area contributed by atoms with E-state index >= 15 is 0 Å². The quantitative estimate of drug-likeness (QED) is 0.838. The molecule has 0 radical (unpaired) electrons. The van der Waals surface area contributed by atoms with Crippen molar-refractivity contribution in [2.45, 2.75) is 52.0 Å². The second-order valence-corrected chi connectivity index (χ2v) is 6.64. The maximum atomic E-state index is 12.1. The summed E-state index contributed by atoms with van der Waals surface area (Å²) in [4.78, 5) is 25.0. The minimum atomic E-state index is -0.412. The van der Waals surface area contributed by atoms with Crippen LogP contribution in [0.3, 0.4) is 0 Å². The van der Waals surface area contributed by atoms with Crippen molar-refractivity contribution >= 4 is 28.3 Å². The Morgan fingerprint density at radius 1 is 1.19 bits per heavy atom. The fourth-order valence-electron chi connectivity index (χ4n) is 2.63. The lowest BCUT2D eigenvalue weighted by Crippen LogP contribution is -2.39. The fraction of sp³-hybridized carbons (Fsp3) is 0.600. The molecule has 0 atom stereocenters. The number of carbonyl (C=O) groups is 2. The van der Waals surface area contributed by atoms with Crippen molar-refractivity contribution in [3.63, 3.8) is 0 Å². The van der Waals surface area contributed by atoms with Crippen molar-refractivity contribution in [3.05, 3.63) is 16.0 Å². The number of ether oxygens (including phenoxy) is 1. The minimum Gasteiger partial charge on any atom is -0.465 e. The van der Waals surface area contributed by atoms with Crippen LogP contribution in [-0.4, -0.2) is 25.2 Å². The van der Waals surface area contributed by atoms with Crippen molar-refractivity contribution < 1.29 is 14.3 Å². The summed E-state index contributed by atoms with van der Waals surface area (Å²) >= 11 is 1.40. The molecule has 1 saturated carbocycles. The van der Waals surface area contributed by atoms with Crippen LogP contribution in [0.5, 0.6) is 0 Å². The molecule has 1 aromatic rings. The molecule has 0 unspecified atom stereocenters. The monoisotopic (exact) mass is 310 g/mol. The van der Waals surface area contributed by atoms with Crippen LogP contribution in [0.15, 0.2) is 0 Å². The molecule has 5 nitrogen and oxygen atoms in total. The van der Waals surface area contributed by atoms with Gasteiger partial charge in [0.2, 0.25) is 0 Å². The lowest BCUT2D eigenvalue weighted by Gasteiger charge is -2.22. The number of rotatable bonds is 3. The summed E-state index contributed by atoms with van der Waals surface area (Å²) in [6, 6.07) is -0.00390. The van der Waals surface area contributed by atoms with E-state index in [1.54, 1.807) is 0 Å². The van der Waals surface area contributed by atoms with Gasteiger partial charge in [-0.05, 0) is 32.3 Å². The number of methoxy groups -OCH3 is 1. The highest BCUT2D eigenvalue weighted by Crippen LogP contribution is 2.32. The molecule has 0 saturated heterocycles. The molecule has 0 aromatic carbocycles. The van der Waals surface area contributed by atoms with Crippen molar-refractivity contribution in [2.24, 2.45) is 0 Å². The molecule has 116 valence electrons. The maximum absolute atomic E-state index is 12.1. The van der Waals surface area contributed by atoms with E-state index in [2.05, 4.69) is 10.6 Å². The topological polar surface area (TPSA) is 67.4 Å². The van der Waals surface area contributed by atoms with Gasteiger partial charge >= 0.3 is 12.0 Å². The van der Waals surface area contributed by atoms with Crippen LogP contribution in [0.25, 0.3) is 0 Å². The third-order valence-corrected chi connectivity index (χ3v) is 5.06. The van der Waals surface area contributed by atoms with Crippen molar-refractivity contribution in [1.29, 1.82) is 0 Å². The van der Waals surface area contributed by atoms with Gasteiger partial charge in [0.1, 0.15) is 5.00 Å². The van der Waals surface area contributed by atoms with Gasteiger partial charge in [0.15, 0.2) is 0 Å². The van der Waals surface area contributed by atoms with E-state index in [1.807, 2.05) is 13.8 Å². The second kappa shape index (κ2) is 6.93. The van der Waals surface area contributed by atoms with Gasteiger partial charge in [-0.2, -0.15) is 0 Å². The smallest absolute Gasteiger partial charge is 0.341 e. The number of nitrogens with one attached hydrogen (secondary N) is 2. The Bertz CT molecular complexity index is 533. The highest BCUT2D eigenvalue weighted by atomic mass is 32.1. The van der Waals surface area contributed by atoms with Gasteiger partial charge in [0.05, 0.1) is 12.7 Å². The van der Waals surface area contributed by atoms with E-state index < -0.39 is 5.97 Å². The lowest BCUT2D eigenvalue weighted by atomic mass is 9.96. The Hall–Kier alpha value is -1.56. The number of amides is 2. The van der Waals surface area contributed by atoms with Gasteiger partial charge in [-0.15, -0.1) is 11.3 Å². The summed E-state index contributed by atoms with van der Waals surface area (Å²) in [5.41, 5.74) is 1.32. The molecule has 1 fully saturated rings. The normalized spacial score (nSPS) is 15.6. The average Bonchev–Trinajstić information content (AvgIpc) is 2.74. The molecule has 1 aromatic heterocycles. The first-order valence-electron chi connectivity index (χ1n) is 7.28. The molecule has 2 N–H and O–H groups in total. The molecule has 6 heteroatoms. The number of hydrogen-bond acceptors (Lipinski definition) is 4. The summed E-state index contributed by atoms with van der Waals surface area (Å²) in [5.74, 6) is -0.412. The van der Waals surface area contributed by atoms with Gasteiger partial charge in [-0.3, -0.25) is 5.32 Å². The van der Waals surface area contributed by atoms with Crippen molar-refractivity contribution in [2.75, 3.05) is 12.4 Å². The molecule has 1 aliphatic rings. The van der Waals surface area contributed by atoms with Crippen LogP contribution in [0.4, 0.5) is 9.80 Å². The molecule has 1 heterocycles. The molecule has 2 amide bonds. The van der Waals surface area contributed by atoms with E-state index in [0.717, 1.165) is 36.1 Å². The average molecular weight is 310 g/mol. The molecule has 21 heavy (non-hydrogen) atoms. The van der Waals surface area contributed by atoms with E-state index in [1.165, 1.54) is 24.9 Å². The zero-order chi connectivity index (χ0) is 15.4. The number of urea groups is 1. The minimum absolute atomic E-state index is 0.238. The van der Waals surface area contributed by atoms with Gasteiger partial charge < -0.3 is 10.1 Å². The Labute approximate surface area is 129 Å². The highest BCUT2D eigenvalue weighted by molar-refractivity contribution is 7.16. The van der Waals surface area contributed by atoms with Crippen LogP contribution in [-0.2, 0) is 4.74 Å². The van der Waals surface area contributed by atoms with E-state index in [-0.39, 0.29) is 12.1 Å². The summed E-state index contributed by atoms with van der Waals surface area (Å²) in [5, 5.41) is 6.35. The molecular formula is C15H22N2O3S. The maximum Gasteiger partial charge on any atom is 0.341 e. The van der Waals surface area contributed by atoms with Crippen LogP contribution in [0.2, 0.25) is 0 Å². The SMILES string of the molecule is COC(=O)c1c(NC(=O)NC2CCCCC2)sc(C)c1C. The number of anilines is 1. The Morgan fingerprint density at radius 2 is 1.86 bits per heavy atom. The van der Waals surface area contributed by atoms with Gasteiger partial charge in [0.25, 0.3) is 0 Å². The predicted octanol–water partition coefficient (Wildman–Crippen LogP) is 3.61. The second-order valence-electron chi connectivity index (χ2n) is 5.41. The van der Waals surface area contributed by atoms with E-state index in [4.69, 9.17) is 4.74 Å². The summed E-state index contributed by atoms with van der Waals surface area (Å²) in [7, 11) is 1.35. The largest absolute Gasteiger partial charge is 0.465 e. The van der Waals surface area contributed by atoms with Crippen molar-refractivity contribution in [3.8, 4) is 0 Å².